The van der Waals surface area contributed by atoms with Gasteiger partial charge in [-0.1, -0.05) is 11.6 Å². The summed E-state index contributed by atoms with van der Waals surface area (Å²) in [4.78, 5) is 16.3. The summed E-state index contributed by atoms with van der Waals surface area (Å²) < 4.78 is 30.4. The number of ether oxygens (including phenoxy) is 3. The highest BCUT2D eigenvalue weighted by molar-refractivity contribution is 6.30. The number of benzene rings is 1. The zero-order valence-electron chi connectivity index (χ0n) is 14.6. The Kier molecular flexibility index (Phi) is 5.02. The van der Waals surface area contributed by atoms with Gasteiger partial charge in [0, 0.05) is 44.3 Å². The number of carbonyl (C=O) groups is 1. The number of halogens is 2. The molecular formula is C18H18ClFN2O4. The van der Waals surface area contributed by atoms with Gasteiger partial charge in [-0.05, 0) is 12.1 Å². The average molecular weight is 381 g/mol. The highest BCUT2D eigenvalue weighted by Crippen LogP contribution is 2.36. The van der Waals surface area contributed by atoms with Crippen LogP contribution in [-0.2, 0) is 18.0 Å². The molecule has 8 heteroatoms. The largest absolute Gasteiger partial charge is 0.489 e. The summed E-state index contributed by atoms with van der Waals surface area (Å²) in [5.74, 6) is -0.951. The maximum atomic E-state index is 13.2. The number of carbonyl (C=O) groups excluding carboxylic acids is 1. The predicted octanol–water partition coefficient (Wildman–Crippen LogP) is 3.46. The first-order valence-electron chi connectivity index (χ1n) is 7.94. The first kappa shape index (κ1) is 18.4. The third-order valence-corrected chi connectivity index (χ3v) is 4.16. The number of hydrogen-bond donors (Lipinski definition) is 1. The Morgan fingerprint density at radius 1 is 1.46 bits per heavy atom. The van der Waals surface area contributed by atoms with Crippen LogP contribution < -0.4 is 14.8 Å². The molecule has 1 aromatic carbocycles. The van der Waals surface area contributed by atoms with Gasteiger partial charge < -0.3 is 19.5 Å². The summed E-state index contributed by atoms with van der Waals surface area (Å²) in [5.41, 5.74) is 1.57. The highest BCUT2D eigenvalue weighted by atomic mass is 35.5. The average Bonchev–Trinajstić information content (AvgIpc) is 2.60. The van der Waals surface area contributed by atoms with Crippen LogP contribution in [0.15, 0.2) is 24.4 Å². The number of nitrogens with one attached hydrogen (secondary N) is 1. The number of nitrogens with zero attached hydrogens (tertiary/aromatic N) is 1. The molecule has 0 aliphatic carbocycles. The number of pyridine rings is 1. The molecule has 0 radical (unpaired) electrons. The Labute approximate surface area is 155 Å². The lowest BCUT2D eigenvalue weighted by Gasteiger charge is -2.34. The van der Waals surface area contributed by atoms with Crippen LogP contribution in [0.2, 0.25) is 5.02 Å². The quantitative estimate of drug-likeness (QED) is 0.879. The van der Waals surface area contributed by atoms with Gasteiger partial charge in [0.25, 0.3) is 5.91 Å². The molecule has 0 saturated carbocycles. The lowest BCUT2D eigenvalue weighted by molar-refractivity contribution is -0.180. The zero-order chi connectivity index (χ0) is 18.9. The van der Waals surface area contributed by atoms with Crippen LogP contribution in [0.3, 0.4) is 0 Å². The van der Waals surface area contributed by atoms with Crippen molar-refractivity contribution in [2.45, 2.75) is 32.8 Å². The normalized spacial score (nSPS) is 15.0. The van der Waals surface area contributed by atoms with Crippen molar-refractivity contribution < 1.29 is 23.4 Å². The number of aromatic nitrogens is 1. The van der Waals surface area contributed by atoms with Gasteiger partial charge in [-0.15, -0.1) is 0 Å². The van der Waals surface area contributed by atoms with E-state index in [2.05, 4.69) is 10.3 Å². The van der Waals surface area contributed by atoms with E-state index in [-0.39, 0.29) is 29.8 Å². The van der Waals surface area contributed by atoms with Crippen LogP contribution in [0, 0.1) is 5.82 Å². The molecule has 2 aromatic rings. The van der Waals surface area contributed by atoms with Gasteiger partial charge in [0.2, 0.25) is 5.79 Å². The molecule has 0 saturated heterocycles. The van der Waals surface area contributed by atoms with Crippen LogP contribution in [0.4, 0.5) is 4.39 Å². The van der Waals surface area contributed by atoms with Crippen LogP contribution in [0.1, 0.15) is 35.5 Å². The van der Waals surface area contributed by atoms with Crippen LogP contribution >= 0.6 is 11.6 Å². The van der Waals surface area contributed by atoms with Gasteiger partial charge in [-0.2, -0.15) is 0 Å². The van der Waals surface area contributed by atoms with E-state index in [4.69, 9.17) is 25.8 Å². The minimum absolute atomic E-state index is 0.0222. The second kappa shape index (κ2) is 7.09. The summed E-state index contributed by atoms with van der Waals surface area (Å²) in [6.07, 6.45) is 1.54. The van der Waals surface area contributed by atoms with E-state index < -0.39 is 11.6 Å². The topological polar surface area (TPSA) is 69.7 Å². The minimum atomic E-state index is -0.874. The molecule has 1 aliphatic heterocycles. The lowest BCUT2D eigenvalue weighted by atomic mass is 10.1. The molecule has 0 spiro atoms. The Bertz CT molecular complexity index is 857. The molecule has 1 N–H and O–H groups in total. The molecule has 3 rings (SSSR count). The molecular weight excluding hydrogens is 363 g/mol. The van der Waals surface area contributed by atoms with Crippen molar-refractivity contribution in [2.24, 2.45) is 0 Å². The SMILES string of the molecule is CNC(=O)c1ncc(COc2ccc(F)c(Cl)c2)c2c1OC(C)(C)OC2. The standard InChI is InChI=1S/C18H18ClFN2O4/c1-18(2)25-9-12-10(7-22-15(16(12)26-18)17(23)21-3)8-24-11-4-5-14(20)13(19)6-11/h4-7H,8-9H2,1-3H3,(H,21,23). The van der Waals surface area contributed by atoms with E-state index in [1.54, 1.807) is 20.0 Å². The summed E-state index contributed by atoms with van der Waals surface area (Å²) in [7, 11) is 1.52. The Morgan fingerprint density at radius 3 is 2.92 bits per heavy atom. The molecule has 26 heavy (non-hydrogen) atoms. The molecule has 0 unspecified atom stereocenters. The molecule has 138 valence electrons. The van der Waals surface area contributed by atoms with Crippen molar-refractivity contribution in [1.29, 1.82) is 0 Å². The predicted molar refractivity (Wildman–Crippen MR) is 92.9 cm³/mol. The van der Waals surface area contributed by atoms with Crippen molar-refractivity contribution in [2.75, 3.05) is 7.05 Å². The summed E-state index contributed by atoms with van der Waals surface area (Å²) >= 11 is 5.76. The van der Waals surface area contributed by atoms with Crippen molar-refractivity contribution >= 4 is 17.5 Å². The smallest absolute Gasteiger partial charge is 0.273 e. The minimum Gasteiger partial charge on any atom is -0.489 e. The molecule has 1 aliphatic rings. The van der Waals surface area contributed by atoms with Crippen LogP contribution in [0.25, 0.3) is 0 Å². The van der Waals surface area contributed by atoms with Crippen molar-refractivity contribution in [1.82, 2.24) is 10.3 Å². The molecule has 0 bridgehead atoms. The number of amides is 1. The van der Waals surface area contributed by atoms with E-state index in [1.165, 1.54) is 25.2 Å². The molecule has 1 amide bonds. The number of fused-ring (bicyclic) bond motifs is 1. The highest BCUT2D eigenvalue weighted by Gasteiger charge is 2.33. The van der Waals surface area contributed by atoms with Crippen molar-refractivity contribution in [3.63, 3.8) is 0 Å². The Balaban J connectivity index is 1.90. The molecule has 0 atom stereocenters. The number of hydrogen-bond acceptors (Lipinski definition) is 5. The number of rotatable bonds is 4. The maximum absolute atomic E-state index is 13.2. The molecule has 2 heterocycles. The fourth-order valence-corrected chi connectivity index (χ4v) is 2.66. The van der Waals surface area contributed by atoms with Gasteiger partial charge in [-0.3, -0.25) is 4.79 Å². The third-order valence-electron chi connectivity index (χ3n) is 3.87. The maximum Gasteiger partial charge on any atom is 0.273 e. The monoisotopic (exact) mass is 380 g/mol. The van der Waals surface area contributed by atoms with E-state index in [0.29, 0.717) is 22.6 Å². The second-order valence-electron chi connectivity index (χ2n) is 6.17. The Morgan fingerprint density at radius 2 is 2.23 bits per heavy atom. The molecule has 1 aromatic heterocycles. The summed E-state index contributed by atoms with van der Waals surface area (Å²) in [6, 6.07) is 4.11. The zero-order valence-corrected chi connectivity index (χ0v) is 15.3. The first-order chi connectivity index (χ1) is 12.3. The fourth-order valence-electron chi connectivity index (χ4n) is 2.49. The molecule has 6 nitrogen and oxygen atoms in total. The molecule has 0 fully saturated rings. The lowest BCUT2D eigenvalue weighted by Crippen LogP contribution is -2.37. The van der Waals surface area contributed by atoms with E-state index in [9.17, 15) is 9.18 Å². The van der Waals surface area contributed by atoms with Crippen LogP contribution in [0.5, 0.6) is 11.5 Å². The Hall–Kier alpha value is -2.38. The van der Waals surface area contributed by atoms with Gasteiger partial charge >= 0.3 is 0 Å². The van der Waals surface area contributed by atoms with Crippen LogP contribution in [-0.4, -0.2) is 23.7 Å². The van der Waals surface area contributed by atoms with Gasteiger partial charge in [0.15, 0.2) is 11.4 Å². The summed E-state index contributed by atoms with van der Waals surface area (Å²) in [5, 5.41) is 2.52. The summed E-state index contributed by atoms with van der Waals surface area (Å²) in [6.45, 7) is 3.90. The van der Waals surface area contributed by atoms with E-state index in [0.717, 1.165) is 0 Å². The van der Waals surface area contributed by atoms with Gasteiger partial charge in [-0.25, -0.2) is 9.37 Å². The van der Waals surface area contributed by atoms with Crippen molar-refractivity contribution in [3.8, 4) is 11.5 Å². The first-order valence-corrected chi connectivity index (χ1v) is 8.32. The fraction of sp³-hybridized carbons (Fsp3) is 0.333. The van der Waals surface area contributed by atoms with Gasteiger partial charge in [0.1, 0.15) is 18.2 Å². The van der Waals surface area contributed by atoms with Gasteiger partial charge in [0.05, 0.1) is 11.6 Å². The second-order valence-corrected chi connectivity index (χ2v) is 6.58. The van der Waals surface area contributed by atoms with E-state index >= 15 is 0 Å². The van der Waals surface area contributed by atoms with Crippen molar-refractivity contribution in [3.05, 3.63) is 52.1 Å². The van der Waals surface area contributed by atoms with E-state index in [1.807, 2.05) is 0 Å². The third kappa shape index (κ3) is 3.73.